The summed E-state index contributed by atoms with van der Waals surface area (Å²) in [6.45, 7) is 0.965. The van der Waals surface area contributed by atoms with Gasteiger partial charge in [0.15, 0.2) is 16.7 Å². The molecule has 0 radical (unpaired) electrons. The van der Waals surface area contributed by atoms with Gasteiger partial charge in [0, 0.05) is 11.0 Å². The molecule has 1 saturated heterocycles. The predicted molar refractivity (Wildman–Crippen MR) is 175 cm³/mol. The molecule has 1 fully saturated rings. The fraction of sp³-hybridized carbons (Fsp3) is 0.125. The minimum atomic E-state index is -0.0554. The molecule has 0 spiro atoms. The van der Waals surface area contributed by atoms with Gasteiger partial charge in [0.25, 0.3) is 5.91 Å². The molecule has 1 aliphatic heterocycles. The molecule has 1 amide bonds. The maximum absolute atomic E-state index is 13.6. The number of hydrogen-bond donors (Lipinski definition) is 0. The zero-order valence-electron chi connectivity index (χ0n) is 21.7. The summed E-state index contributed by atoms with van der Waals surface area (Å²) < 4.78 is 13.7. The van der Waals surface area contributed by atoms with Crippen LogP contribution in [-0.4, -0.2) is 29.6 Å². The molecule has 0 bridgehead atoms. The van der Waals surface area contributed by atoms with E-state index in [0.717, 1.165) is 31.3 Å². The largest absolute Gasteiger partial charge is 0.493 e. The van der Waals surface area contributed by atoms with Gasteiger partial charge in [0.1, 0.15) is 6.61 Å². The summed E-state index contributed by atoms with van der Waals surface area (Å²) in [6, 6.07) is 31.8. The minimum absolute atomic E-state index is 0.0554. The van der Waals surface area contributed by atoms with E-state index < -0.39 is 0 Å². The average molecular weight is 725 g/mol. The van der Waals surface area contributed by atoms with Gasteiger partial charge in [-0.2, -0.15) is 0 Å². The molecule has 0 aliphatic carbocycles. The quantitative estimate of drug-likeness (QED) is 0.128. The van der Waals surface area contributed by atoms with Gasteiger partial charge in [-0.1, -0.05) is 76.6 Å². The Bertz CT molecular complexity index is 1540. The van der Waals surface area contributed by atoms with Crippen molar-refractivity contribution < 1.29 is 14.3 Å². The fourth-order valence-corrected chi connectivity index (χ4v) is 6.21. The molecule has 0 saturated carbocycles. The lowest BCUT2D eigenvalue weighted by Crippen LogP contribution is -2.31. The van der Waals surface area contributed by atoms with Crippen molar-refractivity contribution in [3.63, 3.8) is 0 Å². The Morgan fingerprint density at radius 2 is 1.65 bits per heavy atom. The summed E-state index contributed by atoms with van der Waals surface area (Å²) in [5.41, 5.74) is 3.90. The first kappa shape index (κ1) is 28.4. The summed E-state index contributed by atoms with van der Waals surface area (Å²) in [5.74, 6) is 1.24. The van der Waals surface area contributed by atoms with Gasteiger partial charge in [-0.05, 0) is 99.9 Å². The van der Waals surface area contributed by atoms with Crippen molar-refractivity contribution in [2.75, 3.05) is 13.7 Å². The van der Waals surface area contributed by atoms with Crippen molar-refractivity contribution in [3.8, 4) is 11.5 Å². The number of amides is 1. The highest BCUT2D eigenvalue weighted by molar-refractivity contribution is 14.1. The number of rotatable bonds is 9. The van der Waals surface area contributed by atoms with Crippen LogP contribution < -0.4 is 9.47 Å². The number of para-hydroxylation sites is 1. The molecular formula is C32H26BrIN2O3S. The van der Waals surface area contributed by atoms with Gasteiger partial charge in [0.2, 0.25) is 0 Å². The number of ether oxygens (including phenoxy) is 2. The molecule has 202 valence electrons. The molecule has 8 heteroatoms. The number of carbonyl (C=O) groups excluding carboxylic acids is 1. The van der Waals surface area contributed by atoms with Crippen molar-refractivity contribution >= 4 is 73.1 Å². The topological polar surface area (TPSA) is 51.1 Å². The predicted octanol–water partition coefficient (Wildman–Crippen LogP) is 8.49. The van der Waals surface area contributed by atoms with Crippen molar-refractivity contribution in [1.29, 1.82) is 0 Å². The molecule has 0 atom stereocenters. The Hall–Kier alpha value is -3.08. The summed E-state index contributed by atoms with van der Waals surface area (Å²) in [7, 11) is 1.63. The fourth-order valence-electron chi connectivity index (χ4n) is 4.14. The molecule has 4 aromatic carbocycles. The van der Waals surface area contributed by atoms with E-state index in [1.165, 1.54) is 17.3 Å². The molecular weight excluding hydrogens is 699 g/mol. The second-order valence-corrected chi connectivity index (χ2v) is 12.1. The van der Waals surface area contributed by atoms with E-state index in [1.807, 2.05) is 91.0 Å². The van der Waals surface area contributed by atoms with E-state index in [1.54, 1.807) is 12.0 Å². The average Bonchev–Trinajstić information content (AvgIpc) is 3.26. The highest BCUT2D eigenvalue weighted by Gasteiger charge is 2.33. The standard InChI is InChI=1S/C32H26BrIN2O3S/c1-38-28-19-24(18-27(34)30(28)39-21-23-12-14-25(33)15-13-23)20-29-31(37)36(17-16-22-8-4-2-5-9-22)32(40-29)35-26-10-6-3-7-11-26/h2-15,18-20H,16-17,21H2,1H3/b29-20+,35-32?. The van der Waals surface area contributed by atoms with E-state index in [4.69, 9.17) is 14.5 Å². The minimum Gasteiger partial charge on any atom is -0.493 e. The van der Waals surface area contributed by atoms with Gasteiger partial charge in [-0.3, -0.25) is 9.69 Å². The highest BCUT2D eigenvalue weighted by atomic mass is 127. The summed E-state index contributed by atoms with van der Waals surface area (Å²) >= 11 is 7.11. The molecule has 5 rings (SSSR count). The lowest BCUT2D eigenvalue weighted by molar-refractivity contribution is -0.122. The van der Waals surface area contributed by atoms with Crippen molar-refractivity contribution in [3.05, 3.63) is 127 Å². The number of halogens is 2. The number of benzene rings is 4. The van der Waals surface area contributed by atoms with Crippen LogP contribution in [0.1, 0.15) is 16.7 Å². The van der Waals surface area contributed by atoms with E-state index >= 15 is 0 Å². The van der Waals surface area contributed by atoms with Crippen LogP contribution in [0.2, 0.25) is 0 Å². The number of hydrogen-bond acceptors (Lipinski definition) is 5. The molecule has 4 aromatic rings. The number of nitrogens with zero attached hydrogens (tertiary/aromatic N) is 2. The first-order valence-corrected chi connectivity index (χ1v) is 15.3. The number of aliphatic imine (C=N–C) groups is 1. The zero-order chi connectivity index (χ0) is 27.9. The molecule has 0 N–H and O–H groups in total. The van der Waals surface area contributed by atoms with E-state index in [-0.39, 0.29) is 5.91 Å². The summed E-state index contributed by atoms with van der Waals surface area (Å²) in [5, 5.41) is 0.675. The van der Waals surface area contributed by atoms with Gasteiger partial charge >= 0.3 is 0 Å². The lowest BCUT2D eigenvalue weighted by atomic mass is 10.1. The summed E-state index contributed by atoms with van der Waals surface area (Å²) in [4.78, 5) is 20.8. The maximum Gasteiger partial charge on any atom is 0.266 e. The van der Waals surface area contributed by atoms with Gasteiger partial charge in [0.05, 0.1) is 21.3 Å². The normalized spacial score (nSPS) is 15.2. The van der Waals surface area contributed by atoms with Crippen LogP contribution in [0, 0.1) is 3.57 Å². The first-order chi connectivity index (χ1) is 19.5. The van der Waals surface area contributed by atoms with E-state index in [2.05, 4.69) is 50.7 Å². The first-order valence-electron chi connectivity index (χ1n) is 12.6. The zero-order valence-corrected chi connectivity index (χ0v) is 26.3. The van der Waals surface area contributed by atoms with Crippen LogP contribution in [0.5, 0.6) is 11.5 Å². The second kappa shape index (κ2) is 13.5. The Morgan fingerprint density at radius 1 is 0.950 bits per heavy atom. The highest BCUT2D eigenvalue weighted by Crippen LogP contribution is 2.38. The lowest BCUT2D eigenvalue weighted by Gasteiger charge is -2.15. The van der Waals surface area contributed by atoms with Crippen LogP contribution in [0.3, 0.4) is 0 Å². The summed E-state index contributed by atoms with van der Waals surface area (Å²) in [6.07, 6.45) is 2.64. The van der Waals surface area contributed by atoms with Crippen LogP contribution in [0.4, 0.5) is 5.69 Å². The Labute approximate surface area is 260 Å². The Kier molecular flexibility index (Phi) is 9.62. The molecule has 1 aliphatic rings. The number of carbonyl (C=O) groups is 1. The van der Waals surface area contributed by atoms with Gasteiger partial charge < -0.3 is 9.47 Å². The van der Waals surface area contributed by atoms with Crippen LogP contribution >= 0.6 is 50.3 Å². The van der Waals surface area contributed by atoms with Crippen LogP contribution in [0.15, 0.2) is 111 Å². The third kappa shape index (κ3) is 7.16. The molecule has 1 heterocycles. The number of amidine groups is 1. The SMILES string of the molecule is COc1cc(/C=C2/SC(=Nc3ccccc3)N(CCc3ccccc3)C2=O)cc(I)c1OCc1ccc(Br)cc1. The van der Waals surface area contributed by atoms with Crippen molar-refractivity contribution in [2.24, 2.45) is 4.99 Å². The van der Waals surface area contributed by atoms with Crippen molar-refractivity contribution in [1.82, 2.24) is 4.90 Å². The third-order valence-electron chi connectivity index (χ3n) is 6.18. The molecule has 0 aromatic heterocycles. The molecule has 0 unspecified atom stereocenters. The monoisotopic (exact) mass is 724 g/mol. The Balaban J connectivity index is 1.40. The van der Waals surface area contributed by atoms with Gasteiger partial charge in [-0.15, -0.1) is 0 Å². The molecule has 5 nitrogen and oxygen atoms in total. The number of thioether (sulfide) groups is 1. The molecule has 40 heavy (non-hydrogen) atoms. The maximum atomic E-state index is 13.6. The third-order valence-corrected chi connectivity index (χ3v) is 8.52. The Morgan fingerprint density at radius 3 is 2.35 bits per heavy atom. The van der Waals surface area contributed by atoms with Crippen LogP contribution in [-0.2, 0) is 17.8 Å². The van der Waals surface area contributed by atoms with Gasteiger partial charge in [-0.25, -0.2) is 4.99 Å². The van der Waals surface area contributed by atoms with E-state index in [9.17, 15) is 4.79 Å². The number of methoxy groups -OCH3 is 1. The van der Waals surface area contributed by atoms with Crippen LogP contribution in [0.25, 0.3) is 6.08 Å². The smallest absolute Gasteiger partial charge is 0.266 e. The van der Waals surface area contributed by atoms with Crippen molar-refractivity contribution in [2.45, 2.75) is 13.0 Å². The second-order valence-electron chi connectivity index (χ2n) is 8.98. The van der Waals surface area contributed by atoms with E-state index in [0.29, 0.717) is 34.7 Å².